The molecule has 3 rings (SSSR count). The second kappa shape index (κ2) is 7.10. The molecule has 0 N–H and O–H groups in total. The Hall–Kier alpha value is -1.92. The summed E-state index contributed by atoms with van der Waals surface area (Å²) in [5, 5.41) is 0.188. The Labute approximate surface area is 139 Å². The van der Waals surface area contributed by atoms with Crippen LogP contribution in [0.15, 0.2) is 30.6 Å². The molecule has 0 saturated carbocycles. The number of likely N-dealkylation sites (N-methyl/N-ethyl adjacent to an activating group) is 1. The molecule has 0 unspecified atom stereocenters. The molecular formula is C16H17ClFN3O2. The highest BCUT2D eigenvalue weighted by Crippen LogP contribution is 2.31. The third kappa shape index (κ3) is 4.09. The van der Waals surface area contributed by atoms with E-state index in [1.807, 2.05) is 0 Å². The van der Waals surface area contributed by atoms with Crippen molar-refractivity contribution in [2.75, 3.05) is 20.2 Å². The van der Waals surface area contributed by atoms with Crippen molar-refractivity contribution >= 4 is 11.6 Å². The van der Waals surface area contributed by atoms with Crippen molar-refractivity contribution in [3.05, 3.63) is 41.7 Å². The maximum Gasteiger partial charge on any atom is 0.216 e. The first-order chi connectivity index (χ1) is 11.1. The molecule has 0 aromatic carbocycles. The molecule has 0 spiro atoms. The molecule has 1 saturated heterocycles. The summed E-state index contributed by atoms with van der Waals surface area (Å²) in [6.07, 6.45) is 5.18. The first kappa shape index (κ1) is 16.0. The number of halogens is 2. The Morgan fingerprint density at radius 1 is 1.35 bits per heavy atom. The molecule has 0 bridgehead atoms. The largest absolute Gasteiger partial charge is 0.490 e. The molecule has 7 heteroatoms. The van der Waals surface area contributed by atoms with Crippen LogP contribution < -0.4 is 9.47 Å². The van der Waals surface area contributed by atoms with E-state index >= 15 is 0 Å². The molecule has 0 radical (unpaired) electrons. The second-order valence-corrected chi connectivity index (χ2v) is 5.82. The van der Waals surface area contributed by atoms with Crippen LogP contribution in [0.1, 0.15) is 12.8 Å². The fourth-order valence-electron chi connectivity index (χ4n) is 2.52. The number of likely N-dealkylation sites (tertiary alicyclic amines) is 1. The molecule has 1 aliphatic heterocycles. The van der Waals surface area contributed by atoms with Gasteiger partial charge in [0.25, 0.3) is 0 Å². The van der Waals surface area contributed by atoms with Gasteiger partial charge in [0, 0.05) is 24.4 Å². The lowest BCUT2D eigenvalue weighted by molar-refractivity contribution is 0.197. The van der Waals surface area contributed by atoms with Crippen molar-refractivity contribution in [1.82, 2.24) is 14.9 Å². The van der Waals surface area contributed by atoms with E-state index in [2.05, 4.69) is 21.9 Å². The molecule has 5 nitrogen and oxygen atoms in total. The predicted octanol–water partition coefficient (Wildman–Crippen LogP) is 3.53. The lowest BCUT2D eigenvalue weighted by Crippen LogP contribution is -2.30. The van der Waals surface area contributed by atoms with Gasteiger partial charge in [-0.25, -0.2) is 9.97 Å². The third-order valence-corrected chi connectivity index (χ3v) is 4.11. The van der Waals surface area contributed by atoms with Gasteiger partial charge < -0.3 is 14.4 Å². The summed E-state index contributed by atoms with van der Waals surface area (Å²) in [6, 6.07) is 4.78. The Morgan fingerprint density at radius 2 is 2.22 bits per heavy atom. The first-order valence-corrected chi connectivity index (χ1v) is 7.77. The highest BCUT2D eigenvalue weighted by Gasteiger charge is 2.21. The smallest absolute Gasteiger partial charge is 0.216 e. The summed E-state index contributed by atoms with van der Waals surface area (Å²) in [5.74, 6) is 0.561. The van der Waals surface area contributed by atoms with E-state index < -0.39 is 5.95 Å². The van der Waals surface area contributed by atoms with E-state index in [1.165, 1.54) is 18.7 Å². The van der Waals surface area contributed by atoms with Crippen molar-refractivity contribution in [1.29, 1.82) is 0 Å². The van der Waals surface area contributed by atoms with Crippen LogP contribution in [0, 0.1) is 5.95 Å². The van der Waals surface area contributed by atoms with Gasteiger partial charge in [-0.3, -0.25) is 0 Å². The van der Waals surface area contributed by atoms with Crippen LogP contribution in [0.3, 0.4) is 0 Å². The van der Waals surface area contributed by atoms with E-state index in [0.717, 1.165) is 13.0 Å². The van der Waals surface area contributed by atoms with E-state index in [0.29, 0.717) is 29.9 Å². The Kier molecular flexibility index (Phi) is 4.93. The summed E-state index contributed by atoms with van der Waals surface area (Å²) in [6.45, 7) is 1.68. The topological polar surface area (TPSA) is 47.5 Å². The summed E-state index contributed by atoms with van der Waals surface area (Å²) in [4.78, 5) is 9.81. The van der Waals surface area contributed by atoms with Crippen molar-refractivity contribution < 1.29 is 13.9 Å². The fourth-order valence-corrected chi connectivity index (χ4v) is 2.66. The van der Waals surface area contributed by atoms with Crippen LogP contribution in [0.25, 0.3) is 0 Å². The van der Waals surface area contributed by atoms with Gasteiger partial charge in [-0.2, -0.15) is 4.39 Å². The molecule has 3 heterocycles. The summed E-state index contributed by atoms with van der Waals surface area (Å²) in [5.41, 5.74) is 0. The molecule has 122 valence electrons. The number of rotatable bonds is 5. The van der Waals surface area contributed by atoms with Gasteiger partial charge in [0.05, 0.1) is 6.20 Å². The van der Waals surface area contributed by atoms with Gasteiger partial charge in [0.15, 0.2) is 10.9 Å². The van der Waals surface area contributed by atoms with Crippen LogP contribution in [-0.2, 0) is 0 Å². The van der Waals surface area contributed by atoms with E-state index in [4.69, 9.17) is 21.1 Å². The molecular weight excluding hydrogens is 320 g/mol. The molecule has 0 aliphatic carbocycles. The van der Waals surface area contributed by atoms with Crippen LogP contribution in [0.2, 0.25) is 5.15 Å². The molecule has 0 amide bonds. The number of nitrogens with zero attached hydrogens (tertiary/aromatic N) is 3. The number of hydrogen-bond donors (Lipinski definition) is 0. The van der Waals surface area contributed by atoms with Gasteiger partial charge in [0.2, 0.25) is 5.95 Å². The number of aromatic nitrogens is 2. The van der Waals surface area contributed by atoms with E-state index in [9.17, 15) is 4.39 Å². The van der Waals surface area contributed by atoms with Crippen molar-refractivity contribution in [2.24, 2.45) is 0 Å². The zero-order valence-electron chi connectivity index (χ0n) is 12.7. The number of hydrogen-bond acceptors (Lipinski definition) is 5. The Bertz CT molecular complexity index is 686. The van der Waals surface area contributed by atoms with Gasteiger partial charge >= 0.3 is 0 Å². The second-order valence-electron chi connectivity index (χ2n) is 5.46. The first-order valence-electron chi connectivity index (χ1n) is 7.40. The lowest BCUT2D eigenvalue weighted by atomic mass is 10.2. The Morgan fingerprint density at radius 3 is 2.96 bits per heavy atom. The van der Waals surface area contributed by atoms with Gasteiger partial charge in [0.1, 0.15) is 18.1 Å². The normalized spacial score (nSPS) is 18.1. The third-order valence-electron chi connectivity index (χ3n) is 3.82. The minimum absolute atomic E-state index is 0.188. The lowest BCUT2D eigenvalue weighted by Gasteiger charge is -2.19. The molecule has 1 aliphatic rings. The average Bonchev–Trinajstić information content (AvgIpc) is 2.93. The Balaban J connectivity index is 1.68. The highest BCUT2D eigenvalue weighted by molar-refractivity contribution is 6.30. The quantitative estimate of drug-likeness (QED) is 0.782. The molecule has 1 fully saturated rings. The van der Waals surface area contributed by atoms with Gasteiger partial charge in [-0.1, -0.05) is 11.6 Å². The van der Waals surface area contributed by atoms with Crippen LogP contribution in [0.5, 0.6) is 17.2 Å². The average molecular weight is 337 g/mol. The van der Waals surface area contributed by atoms with E-state index in [1.54, 1.807) is 18.3 Å². The molecule has 2 aromatic rings. The SMILES string of the molecule is [11CH3]N1CCC[C@H]1COc1cnc(Cl)c(Oc2ccnc(F)c2)c1. The minimum atomic E-state index is -0.622. The number of pyridine rings is 2. The zero-order valence-corrected chi connectivity index (χ0v) is 13.5. The highest BCUT2D eigenvalue weighted by atomic mass is 35.5. The minimum Gasteiger partial charge on any atom is -0.490 e. The van der Waals surface area contributed by atoms with Crippen molar-refractivity contribution in [3.8, 4) is 17.2 Å². The molecule has 2 aromatic heterocycles. The monoisotopic (exact) mass is 336 g/mol. The standard InChI is InChI=1S/C16H17ClFN3O2/c1-21-6-2-3-11(21)10-22-13-7-14(16(17)20-9-13)23-12-4-5-19-15(18)8-12/h4-5,7-9,11H,2-3,6,10H2,1H3/t11-/m0/s1/i1-1. The van der Waals surface area contributed by atoms with Crippen LogP contribution >= 0.6 is 11.6 Å². The predicted molar refractivity (Wildman–Crippen MR) is 84.7 cm³/mol. The fraction of sp³-hybridized carbons (Fsp3) is 0.375. The summed E-state index contributed by atoms with van der Waals surface area (Å²) in [7, 11) is 2.09. The molecule has 1 atom stereocenters. The maximum atomic E-state index is 13.1. The summed E-state index contributed by atoms with van der Waals surface area (Å²) >= 11 is 6.03. The maximum absolute atomic E-state index is 13.1. The number of ether oxygens (including phenoxy) is 2. The van der Waals surface area contributed by atoms with E-state index in [-0.39, 0.29) is 5.15 Å². The van der Waals surface area contributed by atoms with Crippen LogP contribution in [-0.4, -0.2) is 41.1 Å². The van der Waals surface area contributed by atoms with Gasteiger partial charge in [-0.15, -0.1) is 0 Å². The van der Waals surface area contributed by atoms with Crippen molar-refractivity contribution in [2.45, 2.75) is 18.9 Å². The van der Waals surface area contributed by atoms with Crippen molar-refractivity contribution in [3.63, 3.8) is 0 Å². The molecule has 23 heavy (non-hydrogen) atoms. The van der Waals surface area contributed by atoms with Crippen LogP contribution in [0.4, 0.5) is 4.39 Å². The zero-order chi connectivity index (χ0) is 16.2. The van der Waals surface area contributed by atoms with Gasteiger partial charge in [-0.05, 0) is 32.5 Å². The summed E-state index contributed by atoms with van der Waals surface area (Å²) < 4.78 is 24.5.